The molecule has 0 spiro atoms. The number of benzene rings is 2. The number of nitrogens with one attached hydrogen (secondary N) is 1. The van der Waals surface area contributed by atoms with Gasteiger partial charge in [-0.15, -0.1) is 0 Å². The third-order valence-corrected chi connectivity index (χ3v) is 5.06. The monoisotopic (exact) mass is 410 g/mol. The van der Waals surface area contributed by atoms with E-state index >= 15 is 0 Å². The molecule has 0 aliphatic heterocycles. The van der Waals surface area contributed by atoms with Crippen LogP contribution in [0.1, 0.15) is 43.9 Å². The first-order valence-electron chi connectivity index (χ1n) is 10.6. The van der Waals surface area contributed by atoms with Gasteiger partial charge in [0.2, 0.25) is 11.8 Å². The normalized spacial score (nSPS) is 11.8. The van der Waals surface area contributed by atoms with Crippen LogP contribution in [-0.2, 0) is 22.6 Å². The summed E-state index contributed by atoms with van der Waals surface area (Å²) in [6.07, 6.45) is 0.800. The van der Waals surface area contributed by atoms with Gasteiger partial charge in [0.15, 0.2) is 0 Å². The Hall–Kier alpha value is -2.82. The number of rotatable bonds is 10. The Kier molecular flexibility index (Phi) is 8.90. The van der Waals surface area contributed by atoms with Gasteiger partial charge in [-0.05, 0) is 42.5 Å². The highest BCUT2D eigenvalue weighted by Crippen LogP contribution is 2.17. The van der Waals surface area contributed by atoms with Crippen LogP contribution in [0.25, 0.3) is 0 Å². The number of nitrogens with zero attached hydrogens (tertiary/aromatic N) is 1. The lowest BCUT2D eigenvalue weighted by Gasteiger charge is -2.31. The van der Waals surface area contributed by atoms with E-state index in [1.165, 1.54) is 0 Å². The minimum Gasteiger partial charge on any atom is -0.497 e. The first-order valence-corrected chi connectivity index (χ1v) is 10.6. The van der Waals surface area contributed by atoms with Gasteiger partial charge in [0.05, 0.1) is 13.5 Å². The molecule has 2 amide bonds. The van der Waals surface area contributed by atoms with Crippen molar-refractivity contribution in [2.75, 3.05) is 13.7 Å². The number of hydrogen-bond donors (Lipinski definition) is 1. The summed E-state index contributed by atoms with van der Waals surface area (Å²) < 4.78 is 5.20. The van der Waals surface area contributed by atoms with Crippen molar-refractivity contribution in [3.05, 3.63) is 65.2 Å². The topological polar surface area (TPSA) is 58.6 Å². The summed E-state index contributed by atoms with van der Waals surface area (Å²) in [5.41, 5.74) is 3.07. The average molecular weight is 411 g/mol. The van der Waals surface area contributed by atoms with Gasteiger partial charge < -0.3 is 15.0 Å². The van der Waals surface area contributed by atoms with Crippen LogP contribution in [0.2, 0.25) is 0 Å². The Balaban J connectivity index is 2.24. The van der Waals surface area contributed by atoms with E-state index in [0.29, 0.717) is 25.4 Å². The maximum Gasteiger partial charge on any atom is 0.242 e. The molecule has 5 heteroatoms. The van der Waals surface area contributed by atoms with Crippen LogP contribution in [0.3, 0.4) is 0 Å². The molecule has 0 saturated heterocycles. The maximum atomic E-state index is 13.3. The SMILES string of the molecule is CC[C@@H](C(=O)NCC(C)C)N(Cc1ccc(C)cc1)C(=O)Cc1ccc(OC)cc1. The number of methoxy groups -OCH3 is 1. The first kappa shape index (κ1) is 23.5. The van der Waals surface area contributed by atoms with Gasteiger partial charge in [0.25, 0.3) is 0 Å². The Bertz CT molecular complexity index is 813. The van der Waals surface area contributed by atoms with Gasteiger partial charge in [0, 0.05) is 13.1 Å². The molecule has 0 aliphatic rings. The number of hydrogen-bond acceptors (Lipinski definition) is 3. The quantitative estimate of drug-likeness (QED) is 0.641. The van der Waals surface area contributed by atoms with E-state index in [2.05, 4.69) is 19.2 Å². The van der Waals surface area contributed by atoms with Crippen molar-refractivity contribution in [2.24, 2.45) is 5.92 Å². The molecule has 2 aromatic rings. The van der Waals surface area contributed by atoms with Crippen LogP contribution in [-0.4, -0.2) is 36.4 Å². The standard InChI is InChI=1S/C25H34N2O3/c1-6-23(25(29)26-16-18(2)3)27(17-21-9-7-19(4)8-10-21)24(28)15-20-11-13-22(30-5)14-12-20/h7-14,18,23H,6,15-17H2,1-5H3,(H,26,29)/t23-/m0/s1. The van der Waals surface area contributed by atoms with Crippen molar-refractivity contribution >= 4 is 11.8 Å². The zero-order chi connectivity index (χ0) is 22.1. The van der Waals surface area contributed by atoms with E-state index in [1.54, 1.807) is 12.0 Å². The predicted molar refractivity (Wildman–Crippen MR) is 120 cm³/mol. The molecule has 5 nitrogen and oxygen atoms in total. The minimum absolute atomic E-state index is 0.0627. The van der Waals surface area contributed by atoms with Crippen molar-refractivity contribution in [3.63, 3.8) is 0 Å². The second kappa shape index (κ2) is 11.4. The van der Waals surface area contributed by atoms with Crippen molar-refractivity contribution in [2.45, 2.75) is 53.1 Å². The number of carbonyl (C=O) groups excluding carboxylic acids is 2. The lowest BCUT2D eigenvalue weighted by Crippen LogP contribution is -2.50. The smallest absolute Gasteiger partial charge is 0.242 e. The van der Waals surface area contributed by atoms with Crippen LogP contribution in [0.5, 0.6) is 5.75 Å². The highest BCUT2D eigenvalue weighted by molar-refractivity contribution is 5.88. The molecule has 1 atom stereocenters. The highest BCUT2D eigenvalue weighted by Gasteiger charge is 2.28. The van der Waals surface area contributed by atoms with Gasteiger partial charge in [-0.3, -0.25) is 9.59 Å². The fourth-order valence-electron chi connectivity index (χ4n) is 3.25. The number of amides is 2. The Morgan fingerprint density at radius 1 is 1.00 bits per heavy atom. The minimum atomic E-state index is -0.504. The molecule has 30 heavy (non-hydrogen) atoms. The van der Waals surface area contributed by atoms with Crippen LogP contribution >= 0.6 is 0 Å². The molecule has 162 valence electrons. The molecule has 0 fully saturated rings. The second-order valence-electron chi connectivity index (χ2n) is 8.10. The largest absolute Gasteiger partial charge is 0.497 e. The molecule has 1 N–H and O–H groups in total. The first-order chi connectivity index (χ1) is 14.3. The molecule has 2 aromatic carbocycles. The molecule has 2 rings (SSSR count). The average Bonchev–Trinajstić information content (AvgIpc) is 2.74. The van der Waals surface area contributed by atoms with Crippen molar-refractivity contribution in [1.82, 2.24) is 10.2 Å². The maximum absolute atomic E-state index is 13.3. The van der Waals surface area contributed by atoms with Gasteiger partial charge in [-0.2, -0.15) is 0 Å². The summed E-state index contributed by atoms with van der Waals surface area (Å²) >= 11 is 0. The summed E-state index contributed by atoms with van der Waals surface area (Å²) in [6, 6.07) is 15.1. The lowest BCUT2D eigenvalue weighted by molar-refractivity contribution is -0.141. The summed E-state index contributed by atoms with van der Waals surface area (Å²) in [7, 11) is 1.62. The summed E-state index contributed by atoms with van der Waals surface area (Å²) in [5.74, 6) is 0.947. The van der Waals surface area contributed by atoms with Gasteiger partial charge in [0.1, 0.15) is 11.8 Å². The number of aryl methyl sites for hydroxylation is 1. The molecule has 0 aliphatic carbocycles. The van der Waals surface area contributed by atoms with E-state index in [-0.39, 0.29) is 18.2 Å². The van der Waals surface area contributed by atoms with E-state index in [9.17, 15) is 9.59 Å². The van der Waals surface area contributed by atoms with Crippen LogP contribution in [0.15, 0.2) is 48.5 Å². The molecular formula is C25H34N2O3. The molecule has 0 heterocycles. The number of ether oxygens (including phenoxy) is 1. The van der Waals surface area contributed by atoms with Gasteiger partial charge in [-0.1, -0.05) is 62.7 Å². The van der Waals surface area contributed by atoms with Crippen molar-refractivity contribution in [3.8, 4) is 5.75 Å². The van der Waals surface area contributed by atoms with Crippen LogP contribution in [0.4, 0.5) is 0 Å². The van der Waals surface area contributed by atoms with Crippen molar-refractivity contribution < 1.29 is 14.3 Å². The number of carbonyl (C=O) groups is 2. The summed E-state index contributed by atoms with van der Waals surface area (Å²) in [4.78, 5) is 27.9. The molecule has 0 unspecified atom stereocenters. The second-order valence-corrected chi connectivity index (χ2v) is 8.10. The fourth-order valence-corrected chi connectivity index (χ4v) is 3.25. The summed E-state index contributed by atoms with van der Waals surface area (Å²) in [6.45, 7) is 9.09. The molecule has 0 aromatic heterocycles. The Labute approximate surface area is 180 Å². The van der Waals surface area contributed by atoms with E-state index in [0.717, 1.165) is 22.4 Å². The van der Waals surface area contributed by atoms with Crippen molar-refractivity contribution in [1.29, 1.82) is 0 Å². The van der Waals surface area contributed by atoms with Crippen LogP contribution < -0.4 is 10.1 Å². The van der Waals surface area contributed by atoms with E-state index in [1.807, 2.05) is 62.4 Å². The lowest BCUT2D eigenvalue weighted by atomic mass is 10.1. The molecule has 0 saturated carbocycles. The fraction of sp³-hybridized carbons (Fsp3) is 0.440. The van der Waals surface area contributed by atoms with Gasteiger partial charge >= 0.3 is 0 Å². The predicted octanol–water partition coefficient (Wildman–Crippen LogP) is 4.13. The Morgan fingerprint density at radius 2 is 1.60 bits per heavy atom. The van der Waals surface area contributed by atoms with E-state index < -0.39 is 6.04 Å². The van der Waals surface area contributed by atoms with E-state index in [4.69, 9.17) is 4.74 Å². The molecule has 0 radical (unpaired) electrons. The molecular weight excluding hydrogens is 376 g/mol. The van der Waals surface area contributed by atoms with Gasteiger partial charge in [-0.25, -0.2) is 0 Å². The van der Waals surface area contributed by atoms with Crippen LogP contribution in [0, 0.1) is 12.8 Å². The summed E-state index contributed by atoms with van der Waals surface area (Å²) in [5, 5.41) is 2.99. The third-order valence-electron chi connectivity index (χ3n) is 5.06. The zero-order valence-corrected chi connectivity index (χ0v) is 18.8. The molecule has 0 bridgehead atoms. The highest BCUT2D eigenvalue weighted by atomic mass is 16.5. The third kappa shape index (κ3) is 6.90. The zero-order valence-electron chi connectivity index (χ0n) is 18.8. The Morgan fingerprint density at radius 3 is 2.13 bits per heavy atom.